The number of piperidine rings is 1. The lowest BCUT2D eigenvalue weighted by molar-refractivity contribution is -0.139. The summed E-state index contributed by atoms with van der Waals surface area (Å²) in [6, 6.07) is 5.13. The number of amides is 1. The molecule has 2 heterocycles. The first-order valence-electron chi connectivity index (χ1n) is 17.0. The normalized spacial score (nSPS) is 16.9. The standard InChI is InChI=1S/C38H45F4N3O4/c1-21(2)13-33(45-20-30(24-9-11-44(5)12-10-24)31(18-34(45)46)38(40,41)42)37(49)43-32(19-35(47)48)26-16-25-7-6-8-28(25)29(17-26)36-22(3)14-27(39)15-23(36)4/h14-18,20-21,24,32-33H,6-13,19H2,1-5H3,(H,43,49)(H,47,48)/t32-,33+/m1/s1. The van der Waals surface area contributed by atoms with Gasteiger partial charge in [0.15, 0.2) is 0 Å². The number of nitrogens with one attached hydrogen (secondary N) is 1. The number of aromatic nitrogens is 1. The van der Waals surface area contributed by atoms with Crippen LogP contribution < -0.4 is 10.9 Å². The zero-order valence-corrected chi connectivity index (χ0v) is 28.7. The van der Waals surface area contributed by atoms with Crippen LogP contribution in [0.2, 0.25) is 0 Å². The van der Waals surface area contributed by atoms with Crippen LogP contribution in [-0.2, 0) is 28.6 Å². The lowest BCUT2D eigenvalue weighted by atomic mass is 9.87. The Morgan fingerprint density at radius 2 is 1.67 bits per heavy atom. The molecular formula is C38H45F4N3O4. The minimum Gasteiger partial charge on any atom is -0.481 e. The first-order valence-corrected chi connectivity index (χ1v) is 17.0. The fraction of sp³-hybridized carbons (Fsp3) is 0.500. The average molecular weight is 684 g/mol. The van der Waals surface area contributed by atoms with Crippen molar-refractivity contribution in [2.75, 3.05) is 20.1 Å². The quantitative estimate of drug-likeness (QED) is 0.216. The summed E-state index contributed by atoms with van der Waals surface area (Å²) < 4.78 is 58.1. The molecule has 1 aliphatic heterocycles. The lowest BCUT2D eigenvalue weighted by Gasteiger charge is -2.32. The summed E-state index contributed by atoms with van der Waals surface area (Å²) in [5.74, 6) is -2.71. The predicted molar refractivity (Wildman–Crippen MR) is 180 cm³/mol. The molecule has 1 fully saturated rings. The number of carbonyl (C=O) groups excluding carboxylic acids is 1. The molecule has 264 valence electrons. The summed E-state index contributed by atoms with van der Waals surface area (Å²) in [7, 11) is 1.91. The van der Waals surface area contributed by atoms with Gasteiger partial charge in [-0.2, -0.15) is 13.2 Å². The van der Waals surface area contributed by atoms with Gasteiger partial charge in [-0.25, -0.2) is 4.39 Å². The number of alkyl halides is 3. The van der Waals surface area contributed by atoms with Gasteiger partial charge in [-0.3, -0.25) is 14.4 Å². The number of aryl methyl sites for hydroxylation is 3. The Hall–Kier alpha value is -3.99. The smallest absolute Gasteiger partial charge is 0.416 e. The molecule has 2 aromatic carbocycles. The molecule has 3 aromatic rings. The van der Waals surface area contributed by atoms with Crippen LogP contribution in [0.1, 0.15) is 103 Å². The van der Waals surface area contributed by atoms with Crippen molar-refractivity contribution in [1.82, 2.24) is 14.8 Å². The van der Waals surface area contributed by atoms with Gasteiger partial charge in [0.1, 0.15) is 11.9 Å². The summed E-state index contributed by atoms with van der Waals surface area (Å²) in [4.78, 5) is 41.8. The van der Waals surface area contributed by atoms with Crippen LogP contribution in [0.15, 0.2) is 41.3 Å². The zero-order valence-electron chi connectivity index (χ0n) is 28.7. The van der Waals surface area contributed by atoms with Gasteiger partial charge in [-0.05, 0) is 147 Å². The maximum Gasteiger partial charge on any atom is 0.416 e. The number of nitrogens with zero attached hydrogens (tertiary/aromatic N) is 2. The maximum absolute atomic E-state index is 14.3. The molecule has 0 saturated carbocycles. The summed E-state index contributed by atoms with van der Waals surface area (Å²) >= 11 is 0. The summed E-state index contributed by atoms with van der Waals surface area (Å²) in [5.41, 5.74) is 3.97. The number of likely N-dealkylation sites (tertiary alicyclic amines) is 1. The van der Waals surface area contributed by atoms with Gasteiger partial charge in [0.05, 0.1) is 18.0 Å². The van der Waals surface area contributed by atoms with Crippen molar-refractivity contribution in [3.63, 3.8) is 0 Å². The van der Waals surface area contributed by atoms with E-state index >= 15 is 0 Å². The fourth-order valence-electron chi connectivity index (χ4n) is 7.68. The number of carboxylic acids is 1. The third kappa shape index (κ3) is 8.09. The number of carbonyl (C=O) groups is 2. The first-order chi connectivity index (χ1) is 23.0. The van der Waals surface area contributed by atoms with Crippen molar-refractivity contribution < 1.29 is 32.3 Å². The lowest BCUT2D eigenvalue weighted by Crippen LogP contribution is -2.41. The second-order valence-corrected chi connectivity index (χ2v) is 14.2. The molecule has 0 unspecified atom stereocenters. The number of rotatable bonds is 10. The van der Waals surface area contributed by atoms with Gasteiger partial charge in [0.2, 0.25) is 5.91 Å². The average Bonchev–Trinajstić information content (AvgIpc) is 3.48. The Kier molecular flexibility index (Phi) is 10.7. The van der Waals surface area contributed by atoms with E-state index < -0.39 is 53.6 Å². The molecule has 7 nitrogen and oxygen atoms in total. The largest absolute Gasteiger partial charge is 0.481 e. The summed E-state index contributed by atoms with van der Waals surface area (Å²) in [6.07, 6.45) is -0.409. The highest BCUT2D eigenvalue weighted by Gasteiger charge is 2.38. The Labute approximate surface area is 284 Å². The number of carboxylic acid groups (broad SMARTS) is 1. The number of halogens is 4. The van der Waals surface area contributed by atoms with Crippen molar-refractivity contribution in [1.29, 1.82) is 0 Å². The minimum atomic E-state index is -4.74. The Morgan fingerprint density at radius 1 is 1.02 bits per heavy atom. The van der Waals surface area contributed by atoms with E-state index in [0.717, 1.165) is 57.2 Å². The van der Waals surface area contributed by atoms with Gasteiger partial charge in [0, 0.05) is 12.3 Å². The number of fused-ring (bicyclic) bond motifs is 1. The number of hydrogen-bond acceptors (Lipinski definition) is 4. The molecule has 2 aliphatic rings. The van der Waals surface area contributed by atoms with Gasteiger partial charge in [-0.15, -0.1) is 0 Å². The Bertz CT molecular complexity index is 1770. The molecule has 1 aliphatic carbocycles. The van der Waals surface area contributed by atoms with E-state index in [2.05, 4.69) is 5.32 Å². The highest BCUT2D eigenvalue weighted by Crippen LogP contribution is 2.40. The predicted octanol–water partition coefficient (Wildman–Crippen LogP) is 7.51. The summed E-state index contributed by atoms with van der Waals surface area (Å²) in [6.45, 7) is 8.56. The molecule has 1 aromatic heterocycles. The third-order valence-electron chi connectivity index (χ3n) is 10.0. The summed E-state index contributed by atoms with van der Waals surface area (Å²) in [5, 5.41) is 12.8. The van der Waals surface area contributed by atoms with E-state index in [1.165, 1.54) is 18.3 Å². The van der Waals surface area contributed by atoms with Crippen molar-refractivity contribution in [3.8, 4) is 11.1 Å². The van der Waals surface area contributed by atoms with E-state index in [-0.39, 0.29) is 23.7 Å². The van der Waals surface area contributed by atoms with Crippen LogP contribution in [0.25, 0.3) is 11.1 Å². The van der Waals surface area contributed by atoms with E-state index in [1.807, 2.05) is 51.8 Å². The molecule has 0 bridgehead atoms. The Balaban J connectivity index is 1.58. The fourth-order valence-corrected chi connectivity index (χ4v) is 7.68. The van der Waals surface area contributed by atoms with Crippen molar-refractivity contribution in [3.05, 3.63) is 91.6 Å². The van der Waals surface area contributed by atoms with E-state index in [9.17, 15) is 37.1 Å². The van der Waals surface area contributed by atoms with E-state index in [1.54, 1.807) is 0 Å². The third-order valence-corrected chi connectivity index (χ3v) is 10.0. The van der Waals surface area contributed by atoms with Crippen LogP contribution in [0.3, 0.4) is 0 Å². The zero-order chi connectivity index (χ0) is 35.8. The van der Waals surface area contributed by atoms with Gasteiger partial charge in [0.25, 0.3) is 5.56 Å². The van der Waals surface area contributed by atoms with Crippen LogP contribution in [0.5, 0.6) is 0 Å². The molecule has 2 N–H and O–H groups in total. The number of pyridine rings is 1. The van der Waals surface area contributed by atoms with E-state index in [4.69, 9.17) is 0 Å². The topological polar surface area (TPSA) is 91.6 Å². The van der Waals surface area contributed by atoms with Crippen LogP contribution in [-0.4, -0.2) is 46.6 Å². The molecule has 0 radical (unpaired) electrons. The van der Waals surface area contributed by atoms with Crippen molar-refractivity contribution in [2.45, 2.75) is 96.8 Å². The van der Waals surface area contributed by atoms with Crippen LogP contribution in [0.4, 0.5) is 17.6 Å². The van der Waals surface area contributed by atoms with Gasteiger partial charge >= 0.3 is 12.1 Å². The van der Waals surface area contributed by atoms with Crippen molar-refractivity contribution in [2.24, 2.45) is 5.92 Å². The Morgan fingerprint density at radius 3 is 2.27 bits per heavy atom. The molecule has 5 rings (SSSR count). The molecular weight excluding hydrogens is 638 g/mol. The molecule has 11 heteroatoms. The van der Waals surface area contributed by atoms with Crippen molar-refractivity contribution >= 4 is 11.9 Å². The number of hydrogen-bond donors (Lipinski definition) is 2. The monoisotopic (exact) mass is 683 g/mol. The number of benzene rings is 2. The van der Waals surface area contributed by atoms with Crippen LogP contribution >= 0.6 is 0 Å². The van der Waals surface area contributed by atoms with Crippen LogP contribution in [0, 0.1) is 25.6 Å². The van der Waals surface area contributed by atoms with E-state index in [0.29, 0.717) is 37.6 Å². The first kappa shape index (κ1) is 36.3. The van der Waals surface area contributed by atoms with Gasteiger partial charge in [-0.1, -0.05) is 19.9 Å². The second-order valence-electron chi connectivity index (χ2n) is 14.2. The maximum atomic E-state index is 14.3. The highest BCUT2D eigenvalue weighted by atomic mass is 19.4. The SMILES string of the molecule is Cc1cc(F)cc(C)c1-c1cc([C@@H](CC(=O)O)NC(=O)[C@H](CC(C)C)n2cc(C3CCN(C)CC3)c(C(F)(F)F)cc2=O)cc2c1CCC2. The second kappa shape index (κ2) is 14.5. The highest BCUT2D eigenvalue weighted by molar-refractivity contribution is 5.82. The molecule has 1 saturated heterocycles. The number of aliphatic carboxylic acids is 1. The molecule has 0 spiro atoms. The molecule has 2 atom stereocenters. The molecule has 49 heavy (non-hydrogen) atoms. The minimum absolute atomic E-state index is 0.00264. The molecule has 1 amide bonds. The van der Waals surface area contributed by atoms with Gasteiger partial charge < -0.3 is 19.9 Å².